The first-order valence-corrected chi connectivity index (χ1v) is 9.60. The van der Waals surface area contributed by atoms with Gasteiger partial charge in [0.1, 0.15) is 6.04 Å². The molecule has 7 heteroatoms. The average molecular weight is 344 g/mol. The van der Waals surface area contributed by atoms with Crippen molar-refractivity contribution in [3.8, 4) is 0 Å². The zero-order valence-corrected chi connectivity index (χ0v) is 14.3. The van der Waals surface area contributed by atoms with Crippen molar-refractivity contribution in [2.75, 3.05) is 12.3 Å². The van der Waals surface area contributed by atoms with Crippen molar-refractivity contribution in [2.45, 2.75) is 23.2 Å². The highest BCUT2D eigenvalue weighted by Gasteiger charge is 2.27. The summed E-state index contributed by atoms with van der Waals surface area (Å²) in [6.45, 7) is 1.18. The number of hydrogen-bond acceptors (Lipinski definition) is 5. The van der Waals surface area contributed by atoms with E-state index in [-0.39, 0.29) is 0 Å². The van der Waals surface area contributed by atoms with Gasteiger partial charge in [-0.05, 0) is 5.56 Å². The predicted molar refractivity (Wildman–Crippen MR) is 93.6 cm³/mol. The molecule has 3 aromatic rings. The van der Waals surface area contributed by atoms with Gasteiger partial charge in [-0.1, -0.05) is 65.6 Å². The maximum Gasteiger partial charge on any atom is 0.235 e. The van der Waals surface area contributed by atoms with E-state index < -0.39 is 0 Å². The Morgan fingerprint density at radius 3 is 3.04 bits per heavy atom. The van der Waals surface area contributed by atoms with Gasteiger partial charge < -0.3 is 5.32 Å². The lowest BCUT2D eigenvalue weighted by atomic mass is 10.2. The first-order valence-electron chi connectivity index (χ1n) is 7.80. The molecule has 118 valence electrons. The summed E-state index contributed by atoms with van der Waals surface area (Å²) in [4.78, 5) is 0.898. The number of quaternary nitrogens is 1. The second-order valence-corrected chi connectivity index (χ2v) is 7.74. The molecule has 1 atom stereocenters. The van der Waals surface area contributed by atoms with Crippen molar-refractivity contribution < 1.29 is 5.32 Å². The van der Waals surface area contributed by atoms with E-state index in [1.54, 1.807) is 23.1 Å². The zero-order chi connectivity index (χ0) is 15.5. The molecule has 5 nitrogen and oxygen atoms in total. The van der Waals surface area contributed by atoms with Gasteiger partial charge in [0.2, 0.25) is 10.8 Å². The predicted octanol–water partition coefficient (Wildman–Crippen LogP) is 2.39. The molecular formula is C16H18N5S2+. The minimum absolute atomic E-state index is 0.419. The van der Waals surface area contributed by atoms with Crippen molar-refractivity contribution in [2.24, 2.45) is 0 Å². The molecule has 0 saturated carbocycles. The molecule has 1 aliphatic rings. The number of nitrogens with zero attached hydrogens (tertiary/aromatic N) is 4. The number of nitrogens with two attached hydrogens (primary N) is 1. The fraction of sp³-hybridized carbons (Fsp3) is 0.312. The molecule has 0 radical (unpaired) electrons. The van der Waals surface area contributed by atoms with Gasteiger partial charge in [-0.2, -0.15) is 4.52 Å². The molecule has 0 spiro atoms. The Hall–Kier alpha value is -1.70. The molecule has 3 heterocycles. The number of thioether (sulfide) groups is 1. The number of rotatable bonds is 5. The van der Waals surface area contributed by atoms with Crippen LogP contribution >= 0.6 is 23.1 Å². The molecular weight excluding hydrogens is 326 g/mol. The van der Waals surface area contributed by atoms with E-state index in [9.17, 15) is 0 Å². The number of hydrogen-bond donors (Lipinski definition) is 1. The maximum atomic E-state index is 4.68. The second-order valence-electron chi connectivity index (χ2n) is 5.52. The minimum atomic E-state index is 0.419. The first kappa shape index (κ1) is 14.9. The van der Waals surface area contributed by atoms with E-state index in [4.69, 9.17) is 0 Å². The van der Waals surface area contributed by atoms with Crippen LogP contribution in [-0.4, -0.2) is 32.1 Å². The normalized spacial score (nSPS) is 18.3. The molecule has 2 N–H and O–H groups in total. The second kappa shape index (κ2) is 6.82. The molecule has 1 fully saturated rings. The largest absolute Gasteiger partial charge is 0.337 e. The van der Waals surface area contributed by atoms with Crippen LogP contribution in [0.3, 0.4) is 0 Å². The molecule has 0 amide bonds. The Kier molecular flexibility index (Phi) is 4.41. The van der Waals surface area contributed by atoms with Crippen LogP contribution in [-0.2, 0) is 0 Å². The van der Waals surface area contributed by atoms with Gasteiger partial charge in [0.05, 0.1) is 6.54 Å². The van der Waals surface area contributed by atoms with Gasteiger partial charge in [0.15, 0.2) is 4.34 Å². The SMILES string of the molecule is C(=C\c1ccccc1)/CSc1nn2c([C@H]3CCC[NH2+]3)nnc2s1. The lowest BCUT2D eigenvalue weighted by Crippen LogP contribution is -2.82. The monoisotopic (exact) mass is 344 g/mol. The third-order valence-corrected chi connectivity index (χ3v) is 5.90. The van der Waals surface area contributed by atoms with Crippen LogP contribution in [0.5, 0.6) is 0 Å². The molecule has 1 saturated heterocycles. The Bertz CT molecular complexity index is 802. The summed E-state index contributed by atoms with van der Waals surface area (Å²) in [6, 6.07) is 10.8. The Morgan fingerprint density at radius 2 is 2.22 bits per heavy atom. The first-order chi connectivity index (χ1) is 11.4. The molecule has 0 bridgehead atoms. The minimum Gasteiger partial charge on any atom is -0.337 e. The smallest absolute Gasteiger partial charge is 0.235 e. The van der Waals surface area contributed by atoms with Gasteiger partial charge in [-0.3, -0.25) is 0 Å². The molecule has 23 heavy (non-hydrogen) atoms. The average Bonchev–Trinajstić information content (AvgIpc) is 3.29. The molecule has 1 aromatic carbocycles. The molecule has 4 rings (SSSR count). The van der Waals surface area contributed by atoms with E-state index in [1.165, 1.54) is 24.9 Å². The van der Waals surface area contributed by atoms with Crippen molar-refractivity contribution in [3.63, 3.8) is 0 Å². The highest BCUT2D eigenvalue weighted by Crippen LogP contribution is 2.26. The van der Waals surface area contributed by atoms with Gasteiger partial charge in [0, 0.05) is 18.6 Å². The summed E-state index contributed by atoms with van der Waals surface area (Å²) in [5.41, 5.74) is 1.23. The zero-order valence-electron chi connectivity index (χ0n) is 12.6. The van der Waals surface area contributed by atoms with Crippen molar-refractivity contribution in [1.82, 2.24) is 19.8 Å². The molecule has 1 aliphatic heterocycles. The fourth-order valence-corrected chi connectivity index (χ4v) is 4.50. The number of fused-ring (bicyclic) bond motifs is 1. The van der Waals surface area contributed by atoms with Crippen LogP contribution in [0.15, 0.2) is 40.7 Å². The van der Waals surface area contributed by atoms with Crippen LogP contribution in [0.2, 0.25) is 0 Å². The number of benzene rings is 1. The quantitative estimate of drug-likeness (QED) is 0.722. The summed E-state index contributed by atoms with van der Waals surface area (Å²) in [7, 11) is 0. The summed E-state index contributed by atoms with van der Waals surface area (Å²) >= 11 is 3.36. The van der Waals surface area contributed by atoms with Crippen LogP contribution in [0.4, 0.5) is 0 Å². The number of aromatic nitrogens is 4. The van der Waals surface area contributed by atoms with Crippen LogP contribution < -0.4 is 5.32 Å². The third kappa shape index (κ3) is 3.31. The van der Waals surface area contributed by atoms with Crippen LogP contribution in [0.1, 0.15) is 30.3 Å². The van der Waals surface area contributed by atoms with E-state index >= 15 is 0 Å². The Balaban J connectivity index is 1.42. The van der Waals surface area contributed by atoms with Gasteiger partial charge >= 0.3 is 0 Å². The van der Waals surface area contributed by atoms with Gasteiger partial charge in [0.25, 0.3) is 0 Å². The highest BCUT2D eigenvalue weighted by molar-refractivity contribution is 8.01. The summed E-state index contributed by atoms with van der Waals surface area (Å²) in [5.74, 6) is 1.91. The fourth-order valence-electron chi connectivity index (χ4n) is 2.78. The topological polar surface area (TPSA) is 59.7 Å². The molecule has 0 aliphatic carbocycles. The van der Waals surface area contributed by atoms with Crippen molar-refractivity contribution >= 4 is 34.1 Å². The van der Waals surface area contributed by atoms with Gasteiger partial charge in [-0.25, -0.2) is 0 Å². The van der Waals surface area contributed by atoms with Crippen molar-refractivity contribution in [1.29, 1.82) is 0 Å². The lowest BCUT2D eigenvalue weighted by molar-refractivity contribution is -0.677. The maximum absolute atomic E-state index is 4.68. The van der Waals surface area contributed by atoms with Gasteiger partial charge in [-0.15, -0.1) is 15.3 Å². The summed E-state index contributed by atoms with van der Waals surface area (Å²) < 4.78 is 2.98. The van der Waals surface area contributed by atoms with E-state index in [2.05, 4.69) is 57.0 Å². The highest BCUT2D eigenvalue weighted by atomic mass is 32.2. The van der Waals surface area contributed by atoms with Crippen LogP contribution in [0, 0.1) is 0 Å². The summed E-state index contributed by atoms with van der Waals surface area (Å²) in [6.07, 6.45) is 6.73. The third-order valence-electron chi connectivity index (χ3n) is 3.91. The molecule has 0 unspecified atom stereocenters. The Morgan fingerprint density at radius 1 is 1.30 bits per heavy atom. The lowest BCUT2D eigenvalue weighted by Gasteiger charge is -2.01. The van der Waals surface area contributed by atoms with E-state index in [0.29, 0.717) is 6.04 Å². The van der Waals surface area contributed by atoms with E-state index in [1.807, 2.05) is 10.6 Å². The molecule has 2 aromatic heterocycles. The van der Waals surface area contributed by atoms with Crippen molar-refractivity contribution in [3.05, 3.63) is 47.8 Å². The summed E-state index contributed by atoms with van der Waals surface area (Å²) in [5, 5.41) is 15.6. The van der Waals surface area contributed by atoms with E-state index in [0.717, 1.165) is 20.9 Å². The van der Waals surface area contributed by atoms with Crippen LogP contribution in [0.25, 0.3) is 11.0 Å². The standard InChI is InChI=1S/C16H17N5S2/c1-2-6-12(7-3-1)8-5-11-22-16-20-21-14(13-9-4-10-17-13)18-19-15(21)23-16/h1-3,5-8,13,17H,4,9-11H2/p+1/b8-5+/t13-/m1/s1. The Labute approximate surface area is 142 Å².